The third-order valence-electron chi connectivity index (χ3n) is 0.586. The quantitative estimate of drug-likeness (QED) is 0.380. The second-order valence-electron chi connectivity index (χ2n) is 1.00. The van der Waals surface area contributed by atoms with Crippen LogP contribution in [0.25, 0.3) is 0 Å². The Kier molecular flexibility index (Phi) is 40.0. The van der Waals surface area contributed by atoms with Crippen molar-refractivity contribution in [3.8, 4) is 0 Å². The Morgan fingerprint density at radius 2 is 1.78 bits per heavy atom. The number of hydrogen-bond donors (Lipinski definition) is 0. The molecule has 0 fully saturated rings. The fraction of sp³-hybridized carbons (Fsp3) is 0.333. The Labute approximate surface area is 88.7 Å². The Morgan fingerprint density at radius 1 is 1.22 bits per heavy atom. The Morgan fingerprint density at radius 3 is 1.89 bits per heavy atom. The molecule has 1 aliphatic rings. The van der Waals surface area contributed by atoms with Gasteiger partial charge in [-0.3, -0.25) is 6.08 Å². The van der Waals surface area contributed by atoms with Crippen molar-refractivity contribution in [2.75, 3.05) is 0 Å². The smallest absolute Gasteiger partial charge is 1.00 e. The molecule has 3 heteroatoms. The van der Waals surface area contributed by atoms with Gasteiger partial charge in [-0.1, -0.05) is 7.43 Å². The van der Waals surface area contributed by atoms with Gasteiger partial charge in [-0.2, -0.15) is 6.08 Å². The third-order valence-corrected chi connectivity index (χ3v) is 0.586. The topological polar surface area (TPSA) is 0 Å². The fourth-order valence-corrected chi connectivity index (χ4v) is 0.340. The average molecular weight is 243 g/mol. The van der Waals surface area contributed by atoms with Crippen molar-refractivity contribution in [3.63, 3.8) is 0 Å². The summed E-state index contributed by atoms with van der Waals surface area (Å²) < 4.78 is 0. The summed E-state index contributed by atoms with van der Waals surface area (Å²) in [6.45, 7) is 0. The largest absolute Gasteiger partial charge is 3.00 e. The zero-order valence-electron chi connectivity index (χ0n) is 4.20. The molecular formula is C6H9Cl2Zr. The molecule has 0 aliphatic heterocycles. The molecule has 0 aromatic carbocycles. The predicted octanol–water partition coefficient (Wildman–Crippen LogP) is -4.05. The van der Waals surface area contributed by atoms with E-state index in [1.54, 1.807) is 0 Å². The van der Waals surface area contributed by atoms with Gasteiger partial charge in [0.1, 0.15) is 0 Å². The Balaban J connectivity index is -0.0000000312. The molecule has 0 spiro atoms. The summed E-state index contributed by atoms with van der Waals surface area (Å²) >= 11 is 0. The molecule has 0 amide bonds. The SMILES string of the molecule is C.[C-]1=CC=CC1.[Cl-].[Cl-].[Zr+3]. The Bertz CT molecular complexity index is 69.1. The summed E-state index contributed by atoms with van der Waals surface area (Å²) in [5.41, 5.74) is 0. The molecule has 1 radical (unpaired) electrons. The van der Waals surface area contributed by atoms with Crippen molar-refractivity contribution >= 4 is 0 Å². The Hall–Kier alpha value is 0.943. The molecule has 0 bridgehead atoms. The minimum absolute atomic E-state index is 0. The van der Waals surface area contributed by atoms with Gasteiger partial charge < -0.3 is 24.8 Å². The number of rotatable bonds is 0. The molecule has 9 heavy (non-hydrogen) atoms. The molecule has 0 N–H and O–H groups in total. The van der Waals surface area contributed by atoms with Gasteiger partial charge in [-0.05, 0) is 0 Å². The van der Waals surface area contributed by atoms with Crippen molar-refractivity contribution in [1.29, 1.82) is 0 Å². The van der Waals surface area contributed by atoms with Gasteiger partial charge in [-0.15, -0.1) is 6.42 Å². The normalized spacial score (nSPS) is 9.78. The van der Waals surface area contributed by atoms with Crippen LogP contribution in [0.5, 0.6) is 0 Å². The average Bonchev–Trinajstić information content (AvgIpc) is 1.76. The number of allylic oxidation sites excluding steroid dienone is 4. The van der Waals surface area contributed by atoms with Crippen molar-refractivity contribution in [1.82, 2.24) is 0 Å². The molecule has 0 nitrogen and oxygen atoms in total. The maximum atomic E-state index is 2.99. The van der Waals surface area contributed by atoms with E-state index in [0.29, 0.717) is 0 Å². The van der Waals surface area contributed by atoms with Gasteiger partial charge in [0.25, 0.3) is 0 Å². The summed E-state index contributed by atoms with van der Waals surface area (Å²) in [5.74, 6) is 0. The van der Waals surface area contributed by atoms with Crippen LogP contribution in [0, 0.1) is 6.08 Å². The summed E-state index contributed by atoms with van der Waals surface area (Å²) in [4.78, 5) is 0. The molecule has 0 unspecified atom stereocenters. The summed E-state index contributed by atoms with van der Waals surface area (Å²) in [7, 11) is 0. The third kappa shape index (κ3) is 12.2. The van der Waals surface area contributed by atoms with Gasteiger partial charge in [0.2, 0.25) is 0 Å². The van der Waals surface area contributed by atoms with Crippen LogP contribution in [0.3, 0.4) is 0 Å². The molecule has 1 aliphatic carbocycles. The van der Waals surface area contributed by atoms with E-state index < -0.39 is 0 Å². The summed E-state index contributed by atoms with van der Waals surface area (Å²) in [6, 6.07) is 0. The van der Waals surface area contributed by atoms with Crippen LogP contribution >= 0.6 is 0 Å². The van der Waals surface area contributed by atoms with Gasteiger partial charge in [0.15, 0.2) is 0 Å². The molecule has 0 aromatic rings. The van der Waals surface area contributed by atoms with E-state index in [0.717, 1.165) is 6.42 Å². The van der Waals surface area contributed by atoms with Crippen LogP contribution in [0.4, 0.5) is 0 Å². The maximum Gasteiger partial charge on any atom is 3.00 e. The van der Waals surface area contributed by atoms with Gasteiger partial charge in [0, 0.05) is 0 Å². The van der Waals surface area contributed by atoms with Gasteiger partial charge >= 0.3 is 26.2 Å². The molecular weight excluding hydrogens is 234 g/mol. The summed E-state index contributed by atoms with van der Waals surface area (Å²) in [6.07, 6.45) is 10.0. The first kappa shape index (κ1) is 22.5. The standard InChI is InChI=1S/C5H5.CH4.2ClH.Zr/c1-2-4-5-3-1;;;;/h1-3H,4H2;1H4;2*1H;/q-1;;;;+3/p-2. The van der Waals surface area contributed by atoms with E-state index in [-0.39, 0.29) is 58.4 Å². The molecule has 0 saturated carbocycles. The molecule has 0 saturated heterocycles. The van der Waals surface area contributed by atoms with Crippen molar-refractivity contribution in [2.24, 2.45) is 0 Å². The minimum Gasteiger partial charge on any atom is -1.00 e. The molecule has 0 aromatic heterocycles. The predicted molar refractivity (Wildman–Crippen MR) is 28.3 cm³/mol. The van der Waals surface area contributed by atoms with Crippen LogP contribution in [-0.2, 0) is 26.2 Å². The van der Waals surface area contributed by atoms with E-state index >= 15 is 0 Å². The number of halogens is 2. The van der Waals surface area contributed by atoms with Gasteiger partial charge in [0.05, 0.1) is 0 Å². The second kappa shape index (κ2) is 16.0. The first-order valence-corrected chi connectivity index (χ1v) is 1.72. The second-order valence-corrected chi connectivity index (χ2v) is 1.00. The zero-order chi connectivity index (χ0) is 3.54. The van der Waals surface area contributed by atoms with E-state index in [9.17, 15) is 0 Å². The van der Waals surface area contributed by atoms with Crippen LogP contribution in [0.1, 0.15) is 13.8 Å². The molecule has 0 atom stereocenters. The summed E-state index contributed by atoms with van der Waals surface area (Å²) in [5, 5.41) is 0. The monoisotopic (exact) mass is 241 g/mol. The van der Waals surface area contributed by atoms with Crippen molar-refractivity contribution in [2.45, 2.75) is 13.8 Å². The van der Waals surface area contributed by atoms with Crippen LogP contribution in [0.15, 0.2) is 18.2 Å². The van der Waals surface area contributed by atoms with E-state index in [1.165, 1.54) is 0 Å². The first-order chi connectivity index (χ1) is 2.50. The van der Waals surface area contributed by atoms with Crippen molar-refractivity contribution < 1.29 is 51.0 Å². The zero-order valence-corrected chi connectivity index (χ0v) is 8.16. The van der Waals surface area contributed by atoms with Gasteiger partial charge in [-0.25, -0.2) is 12.2 Å². The van der Waals surface area contributed by atoms with Crippen molar-refractivity contribution in [3.05, 3.63) is 24.3 Å². The van der Waals surface area contributed by atoms with E-state index in [4.69, 9.17) is 0 Å². The van der Waals surface area contributed by atoms with Crippen LogP contribution < -0.4 is 24.8 Å². The maximum absolute atomic E-state index is 2.99. The van der Waals surface area contributed by atoms with E-state index in [1.807, 2.05) is 12.2 Å². The number of hydrogen-bond acceptors (Lipinski definition) is 0. The minimum atomic E-state index is 0. The molecule has 1 rings (SSSR count). The fourth-order valence-electron chi connectivity index (χ4n) is 0.340. The first-order valence-electron chi connectivity index (χ1n) is 1.72. The molecule has 51 valence electrons. The van der Waals surface area contributed by atoms with Crippen LogP contribution in [0.2, 0.25) is 0 Å². The van der Waals surface area contributed by atoms with Crippen LogP contribution in [-0.4, -0.2) is 0 Å². The van der Waals surface area contributed by atoms with E-state index in [2.05, 4.69) is 12.2 Å². The molecule has 0 heterocycles.